The predicted molar refractivity (Wildman–Crippen MR) is 91.7 cm³/mol. The zero-order valence-corrected chi connectivity index (χ0v) is 13.7. The molecule has 2 heterocycles. The number of piperazine rings is 1. The first-order chi connectivity index (χ1) is 10.7. The van der Waals surface area contributed by atoms with E-state index in [1.165, 1.54) is 10.7 Å². The highest BCUT2D eigenvalue weighted by Gasteiger charge is 2.19. The van der Waals surface area contributed by atoms with Crippen LogP contribution in [0.25, 0.3) is 0 Å². The molecule has 0 spiro atoms. The van der Waals surface area contributed by atoms with E-state index in [9.17, 15) is 4.79 Å². The van der Waals surface area contributed by atoms with Crippen LogP contribution >= 0.6 is 11.3 Å². The Morgan fingerprint density at radius 1 is 1.00 bits per heavy atom. The largest absolute Gasteiger partial charge is 0.497 e. The van der Waals surface area contributed by atoms with E-state index in [-0.39, 0.29) is 5.78 Å². The molecule has 116 valence electrons. The first-order valence-corrected chi connectivity index (χ1v) is 8.24. The topological polar surface area (TPSA) is 32.8 Å². The number of ether oxygens (including phenoxy) is 1. The lowest BCUT2D eigenvalue weighted by Gasteiger charge is -2.36. The van der Waals surface area contributed by atoms with Gasteiger partial charge >= 0.3 is 0 Å². The van der Waals surface area contributed by atoms with E-state index in [2.05, 4.69) is 28.0 Å². The summed E-state index contributed by atoms with van der Waals surface area (Å²) in [6.45, 7) is 5.55. The van der Waals surface area contributed by atoms with Crippen molar-refractivity contribution in [1.29, 1.82) is 0 Å². The van der Waals surface area contributed by atoms with Crippen molar-refractivity contribution in [1.82, 2.24) is 0 Å². The number of thiophene rings is 1. The molecule has 4 nitrogen and oxygen atoms in total. The molecule has 0 N–H and O–H groups in total. The minimum Gasteiger partial charge on any atom is -0.497 e. The molecule has 0 bridgehead atoms. The van der Waals surface area contributed by atoms with Gasteiger partial charge in [-0.25, -0.2) is 0 Å². The molecule has 22 heavy (non-hydrogen) atoms. The molecule has 0 aliphatic carbocycles. The Bertz CT molecular complexity index is 643. The van der Waals surface area contributed by atoms with Gasteiger partial charge in [0, 0.05) is 31.9 Å². The Balaban J connectivity index is 1.62. The molecule has 1 aromatic carbocycles. The summed E-state index contributed by atoms with van der Waals surface area (Å²) in [6.07, 6.45) is 0. The highest BCUT2D eigenvalue weighted by molar-refractivity contribution is 7.18. The van der Waals surface area contributed by atoms with Crippen molar-refractivity contribution in [2.45, 2.75) is 6.92 Å². The van der Waals surface area contributed by atoms with Gasteiger partial charge in [0.1, 0.15) is 5.75 Å². The molecule has 2 aromatic rings. The molecule has 1 aliphatic rings. The quantitative estimate of drug-likeness (QED) is 0.810. The third kappa shape index (κ3) is 3.09. The van der Waals surface area contributed by atoms with Crippen LogP contribution in [0, 0.1) is 0 Å². The van der Waals surface area contributed by atoms with Gasteiger partial charge in [0.25, 0.3) is 0 Å². The number of anilines is 2. The fourth-order valence-corrected chi connectivity index (χ4v) is 3.62. The van der Waals surface area contributed by atoms with Crippen LogP contribution in [0.3, 0.4) is 0 Å². The Hall–Kier alpha value is -2.01. The molecule has 1 aromatic heterocycles. The van der Waals surface area contributed by atoms with Crippen molar-refractivity contribution in [3.05, 3.63) is 41.3 Å². The van der Waals surface area contributed by atoms with Crippen molar-refractivity contribution in [2.75, 3.05) is 43.1 Å². The number of hydrogen-bond acceptors (Lipinski definition) is 5. The van der Waals surface area contributed by atoms with Crippen LogP contribution in [0.15, 0.2) is 36.4 Å². The number of methoxy groups -OCH3 is 1. The van der Waals surface area contributed by atoms with Gasteiger partial charge in [-0.05, 0) is 43.3 Å². The maximum absolute atomic E-state index is 11.4. The summed E-state index contributed by atoms with van der Waals surface area (Å²) >= 11 is 1.59. The summed E-state index contributed by atoms with van der Waals surface area (Å²) in [5, 5.41) is 1.19. The Labute approximate surface area is 134 Å². The summed E-state index contributed by atoms with van der Waals surface area (Å²) in [5.74, 6) is 1.03. The van der Waals surface area contributed by atoms with Crippen LogP contribution in [0.1, 0.15) is 16.6 Å². The molecule has 0 radical (unpaired) electrons. The fraction of sp³-hybridized carbons (Fsp3) is 0.353. The van der Waals surface area contributed by atoms with Gasteiger partial charge in [-0.15, -0.1) is 11.3 Å². The van der Waals surface area contributed by atoms with Crippen LogP contribution in [0.4, 0.5) is 10.7 Å². The normalized spacial score (nSPS) is 15.0. The van der Waals surface area contributed by atoms with E-state index in [1.54, 1.807) is 25.4 Å². The van der Waals surface area contributed by atoms with Crippen molar-refractivity contribution < 1.29 is 9.53 Å². The van der Waals surface area contributed by atoms with Crippen LogP contribution in [-0.2, 0) is 0 Å². The molecule has 1 saturated heterocycles. The van der Waals surface area contributed by atoms with Crippen LogP contribution in [0.5, 0.6) is 5.75 Å². The molecule has 5 heteroatoms. The standard InChI is InChI=1S/C17H20N2O2S/c1-13(20)16-7-8-17(22-16)19-11-9-18(10-12-19)14-3-5-15(21-2)6-4-14/h3-8H,9-12H2,1-2H3. The van der Waals surface area contributed by atoms with Gasteiger partial charge in [-0.1, -0.05) is 0 Å². The lowest BCUT2D eigenvalue weighted by Crippen LogP contribution is -2.46. The molecular formula is C17H20N2O2S. The van der Waals surface area contributed by atoms with E-state index < -0.39 is 0 Å². The summed E-state index contributed by atoms with van der Waals surface area (Å²) < 4.78 is 5.20. The van der Waals surface area contributed by atoms with Gasteiger partial charge in [-0.3, -0.25) is 4.79 Å². The molecule has 0 amide bonds. The molecular weight excluding hydrogens is 296 g/mol. The highest BCUT2D eigenvalue weighted by atomic mass is 32.1. The number of carbonyl (C=O) groups is 1. The SMILES string of the molecule is COc1ccc(N2CCN(c3ccc(C(C)=O)s3)CC2)cc1. The van der Waals surface area contributed by atoms with Crippen molar-refractivity contribution in [2.24, 2.45) is 0 Å². The molecule has 1 fully saturated rings. The van der Waals surface area contributed by atoms with E-state index in [0.717, 1.165) is 36.8 Å². The van der Waals surface area contributed by atoms with Gasteiger partial charge in [0.05, 0.1) is 17.0 Å². The summed E-state index contributed by atoms with van der Waals surface area (Å²) in [4.78, 5) is 17.0. The second kappa shape index (κ2) is 6.40. The summed E-state index contributed by atoms with van der Waals surface area (Å²) in [7, 11) is 1.68. The zero-order chi connectivity index (χ0) is 15.5. The minimum absolute atomic E-state index is 0.146. The van der Waals surface area contributed by atoms with Crippen molar-refractivity contribution in [3.8, 4) is 5.75 Å². The van der Waals surface area contributed by atoms with Crippen molar-refractivity contribution >= 4 is 27.8 Å². The lowest BCUT2D eigenvalue weighted by atomic mass is 10.2. The van der Waals surface area contributed by atoms with Gasteiger partial charge < -0.3 is 14.5 Å². The number of Topliss-reactive ketones (excluding diaryl/α,β-unsaturated/α-hetero) is 1. The first-order valence-electron chi connectivity index (χ1n) is 7.42. The van der Waals surface area contributed by atoms with Crippen LogP contribution < -0.4 is 14.5 Å². The summed E-state index contributed by atoms with van der Waals surface area (Å²) in [6, 6.07) is 12.2. The number of carbonyl (C=O) groups excluding carboxylic acids is 1. The Kier molecular flexibility index (Phi) is 4.34. The molecule has 0 unspecified atom stereocenters. The average Bonchev–Trinajstić information content (AvgIpc) is 3.05. The number of benzene rings is 1. The molecule has 0 saturated carbocycles. The fourth-order valence-electron chi connectivity index (χ4n) is 2.66. The second-order valence-corrected chi connectivity index (χ2v) is 6.43. The van der Waals surface area contributed by atoms with E-state index >= 15 is 0 Å². The van der Waals surface area contributed by atoms with E-state index in [0.29, 0.717) is 0 Å². The van der Waals surface area contributed by atoms with Gasteiger partial charge in [-0.2, -0.15) is 0 Å². The maximum Gasteiger partial charge on any atom is 0.169 e. The third-order valence-electron chi connectivity index (χ3n) is 3.97. The van der Waals surface area contributed by atoms with Gasteiger partial charge in [0.15, 0.2) is 5.78 Å². The van der Waals surface area contributed by atoms with Crippen molar-refractivity contribution in [3.63, 3.8) is 0 Å². The first kappa shape index (κ1) is 14.9. The Morgan fingerprint density at radius 2 is 1.64 bits per heavy atom. The molecule has 0 atom stereocenters. The monoisotopic (exact) mass is 316 g/mol. The van der Waals surface area contributed by atoms with Crippen LogP contribution in [-0.4, -0.2) is 39.1 Å². The second-order valence-electron chi connectivity index (χ2n) is 5.37. The van der Waals surface area contributed by atoms with E-state index in [4.69, 9.17) is 4.74 Å². The number of nitrogens with zero attached hydrogens (tertiary/aromatic N) is 2. The number of rotatable bonds is 4. The van der Waals surface area contributed by atoms with E-state index in [1.807, 2.05) is 18.2 Å². The highest BCUT2D eigenvalue weighted by Crippen LogP contribution is 2.28. The predicted octanol–water partition coefficient (Wildman–Crippen LogP) is 3.29. The molecule has 3 rings (SSSR count). The molecule has 1 aliphatic heterocycles. The smallest absolute Gasteiger partial charge is 0.169 e. The average molecular weight is 316 g/mol. The minimum atomic E-state index is 0.146. The lowest BCUT2D eigenvalue weighted by molar-refractivity contribution is 0.102. The Morgan fingerprint density at radius 3 is 2.18 bits per heavy atom. The van der Waals surface area contributed by atoms with Gasteiger partial charge in [0.2, 0.25) is 0 Å². The maximum atomic E-state index is 11.4. The number of hydrogen-bond donors (Lipinski definition) is 0. The summed E-state index contributed by atoms with van der Waals surface area (Å²) in [5.41, 5.74) is 1.23. The number of ketones is 1. The van der Waals surface area contributed by atoms with Crippen LogP contribution in [0.2, 0.25) is 0 Å². The zero-order valence-electron chi connectivity index (χ0n) is 12.9. The third-order valence-corrected chi connectivity index (χ3v) is 5.21.